The minimum atomic E-state index is -1.10. The first-order valence-corrected chi connectivity index (χ1v) is 6.02. The molecule has 100 valence electrons. The molecule has 7 nitrogen and oxygen atoms in total. The molecule has 1 N–H and O–H groups in total. The molecule has 1 aromatic carbocycles. The van der Waals surface area contributed by atoms with Crippen molar-refractivity contribution in [1.82, 2.24) is 0 Å². The molecule has 1 heterocycles. The number of hydrogen-bond acceptors (Lipinski definition) is 6. The normalized spacial score (nSPS) is 9.75. The Morgan fingerprint density at radius 3 is 2.70 bits per heavy atom. The van der Waals surface area contributed by atoms with Crippen molar-refractivity contribution in [3.63, 3.8) is 0 Å². The summed E-state index contributed by atoms with van der Waals surface area (Å²) in [5, 5.41) is 28.6. The SMILES string of the molecule is N#Cc1ccc(Oc2ccc(C(=O)O)s2)c([N+](=O)[O-])c1. The Hall–Kier alpha value is -2.92. The maximum Gasteiger partial charge on any atom is 0.345 e. The molecule has 0 atom stereocenters. The zero-order valence-electron chi connectivity index (χ0n) is 9.77. The third-order valence-corrected chi connectivity index (χ3v) is 3.24. The van der Waals surface area contributed by atoms with Gasteiger partial charge in [-0.3, -0.25) is 10.1 Å². The van der Waals surface area contributed by atoms with Crippen molar-refractivity contribution in [2.45, 2.75) is 0 Å². The van der Waals surface area contributed by atoms with E-state index in [1.807, 2.05) is 0 Å². The highest BCUT2D eigenvalue weighted by Crippen LogP contribution is 2.35. The van der Waals surface area contributed by atoms with Crippen molar-refractivity contribution in [2.24, 2.45) is 0 Å². The summed E-state index contributed by atoms with van der Waals surface area (Å²) in [6, 6.07) is 8.34. The second-order valence-corrected chi connectivity index (χ2v) is 4.62. The fourth-order valence-corrected chi connectivity index (χ4v) is 2.12. The van der Waals surface area contributed by atoms with E-state index in [1.54, 1.807) is 6.07 Å². The van der Waals surface area contributed by atoms with Crippen molar-refractivity contribution in [1.29, 1.82) is 5.26 Å². The van der Waals surface area contributed by atoms with Gasteiger partial charge in [0.25, 0.3) is 0 Å². The highest BCUT2D eigenvalue weighted by atomic mass is 32.1. The lowest BCUT2D eigenvalue weighted by Crippen LogP contribution is -1.93. The number of rotatable bonds is 4. The van der Waals surface area contributed by atoms with Crippen LogP contribution in [0.2, 0.25) is 0 Å². The largest absolute Gasteiger partial charge is 0.477 e. The van der Waals surface area contributed by atoms with Crippen molar-refractivity contribution in [2.75, 3.05) is 0 Å². The van der Waals surface area contributed by atoms with Crippen LogP contribution in [0.4, 0.5) is 5.69 Å². The quantitative estimate of drug-likeness (QED) is 0.683. The van der Waals surface area contributed by atoms with Crippen LogP contribution in [-0.2, 0) is 0 Å². The molecule has 0 saturated carbocycles. The van der Waals surface area contributed by atoms with Crippen molar-refractivity contribution < 1.29 is 19.6 Å². The van der Waals surface area contributed by atoms with Crippen LogP contribution >= 0.6 is 11.3 Å². The minimum absolute atomic E-state index is 0.0483. The summed E-state index contributed by atoms with van der Waals surface area (Å²) in [4.78, 5) is 21.1. The smallest absolute Gasteiger partial charge is 0.345 e. The van der Waals surface area contributed by atoms with E-state index in [9.17, 15) is 14.9 Å². The average molecular weight is 290 g/mol. The standard InChI is InChI=1S/C12H6N2O5S/c13-6-7-1-2-9(8(5-7)14(17)18)19-11-4-3-10(20-11)12(15)16/h1-5H,(H,15,16). The lowest BCUT2D eigenvalue weighted by Gasteiger charge is -2.03. The zero-order valence-corrected chi connectivity index (χ0v) is 10.6. The molecule has 0 saturated heterocycles. The summed E-state index contributed by atoms with van der Waals surface area (Å²) < 4.78 is 5.31. The first kappa shape index (κ1) is 13.5. The van der Waals surface area contributed by atoms with Gasteiger partial charge >= 0.3 is 11.7 Å². The summed E-state index contributed by atoms with van der Waals surface area (Å²) in [6.07, 6.45) is 0. The number of nitro benzene ring substituents is 1. The first-order valence-electron chi connectivity index (χ1n) is 5.21. The molecule has 0 fully saturated rings. The van der Waals surface area contributed by atoms with Gasteiger partial charge in [-0.15, -0.1) is 0 Å². The Balaban J connectivity index is 2.35. The number of ether oxygens (including phenoxy) is 1. The lowest BCUT2D eigenvalue weighted by atomic mass is 10.2. The molecular weight excluding hydrogens is 284 g/mol. The van der Waals surface area contributed by atoms with Crippen LogP contribution < -0.4 is 4.74 Å². The molecule has 0 spiro atoms. The number of hydrogen-bond donors (Lipinski definition) is 1. The Kier molecular flexibility index (Phi) is 3.63. The molecule has 20 heavy (non-hydrogen) atoms. The third-order valence-electron chi connectivity index (χ3n) is 2.29. The number of nitrogens with zero attached hydrogens (tertiary/aromatic N) is 2. The van der Waals surface area contributed by atoms with Gasteiger partial charge in [0.1, 0.15) is 4.88 Å². The molecule has 8 heteroatoms. The number of benzene rings is 1. The Bertz CT molecular complexity index is 732. The highest BCUT2D eigenvalue weighted by molar-refractivity contribution is 7.15. The van der Waals surface area contributed by atoms with E-state index in [2.05, 4.69) is 0 Å². The predicted octanol–water partition coefficient (Wildman–Crippen LogP) is 3.02. The summed E-state index contributed by atoms with van der Waals surface area (Å²) >= 11 is 0.857. The summed E-state index contributed by atoms with van der Waals surface area (Å²) in [7, 11) is 0. The van der Waals surface area contributed by atoms with E-state index < -0.39 is 10.9 Å². The van der Waals surface area contributed by atoms with E-state index in [-0.39, 0.29) is 26.9 Å². The van der Waals surface area contributed by atoms with E-state index >= 15 is 0 Å². The van der Waals surface area contributed by atoms with Crippen LogP contribution in [0.5, 0.6) is 10.8 Å². The number of thiophene rings is 1. The van der Waals surface area contributed by atoms with Crippen LogP contribution in [0.25, 0.3) is 0 Å². The van der Waals surface area contributed by atoms with Crippen LogP contribution in [0.15, 0.2) is 30.3 Å². The Morgan fingerprint density at radius 2 is 2.15 bits per heavy atom. The fraction of sp³-hybridized carbons (Fsp3) is 0. The monoisotopic (exact) mass is 290 g/mol. The molecule has 2 aromatic rings. The van der Waals surface area contributed by atoms with E-state index in [1.165, 1.54) is 24.3 Å². The number of carboxylic acid groups (broad SMARTS) is 1. The fourth-order valence-electron chi connectivity index (χ4n) is 1.41. The number of carboxylic acids is 1. The Morgan fingerprint density at radius 1 is 1.40 bits per heavy atom. The maximum atomic E-state index is 10.9. The van der Waals surface area contributed by atoms with Gasteiger partial charge < -0.3 is 9.84 Å². The van der Waals surface area contributed by atoms with Crippen LogP contribution in [0, 0.1) is 21.4 Å². The van der Waals surface area contributed by atoms with Gasteiger partial charge in [-0.1, -0.05) is 11.3 Å². The van der Waals surface area contributed by atoms with Crippen LogP contribution in [0.1, 0.15) is 15.2 Å². The number of aromatic carboxylic acids is 1. The second-order valence-electron chi connectivity index (χ2n) is 3.58. The molecule has 1 aromatic heterocycles. The average Bonchev–Trinajstić information content (AvgIpc) is 2.87. The molecule has 0 aliphatic heterocycles. The van der Waals surface area contributed by atoms with Crippen molar-refractivity contribution in [3.8, 4) is 16.9 Å². The topological polar surface area (TPSA) is 113 Å². The van der Waals surface area contributed by atoms with Gasteiger partial charge in [0, 0.05) is 6.07 Å². The van der Waals surface area contributed by atoms with Crippen molar-refractivity contribution >= 4 is 23.0 Å². The van der Waals surface area contributed by atoms with Gasteiger partial charge in [0.05, 0.1) is 16.6 Å². The Labute approximate surface area is 116 Å². The predicted molar refractivity (Wildman–Crippen MR) is 69.2 cm³/mol. The zero-order chi connectivity index (χ0) is 14.7. The number of nitriles is 1. The molecular formula is C12H6N2O5S. The molecule has 0 unspecified atom stereocenters. The maximum absolute atomic E-state index is 10.9. The third kappa shape index (κ3) is 2.73. The summed E-state index contributed by atoms with van der Waals surface area (Å²) in [5.74, 6) is -1.15. The van der Waals surface area contributed by atoms with Gasteiger partial charge in [-0.25, -0.2) is 4.79 Å². The van der Waals surface area contributed by atoms with Gasteiger partial charge in [-0.2, -0.15) is 5.26 Å². The van der Waals surface area contributed by atoms with E-state index in [4.69, 9.17) is 15.1 Å². The van der Waals surface area contributed by atoms with Crippen LogP contribution in [-0.4, -0.2) is 16.0 Å². The van der Waals surface area contributed by atoms with Crippen LogP contribution in [0.3, 0.4) is 0 Å². The van der Waals surface area contributed by atoms with Gasteiger partial charge in [-0.05, 0) is 24.3 Å². The van der Waals surface area contributed by atoms with E-state index in [0.717, 1.165) is 17.4 Å². The highest BCUT2D eigenvalue weighted by Gasteiger charge is 2.18. The van der Waals surface area contributed by atoms with Gasteiger partial charge in [0.15, 0.2) is 5.06 Å². The molecule has 0 aliphatic carbocycles. The lowest BCUT2D eigenvalue weighted by molar-refractivity contribution is -0.385. The molecule has 2 rings (SSSR count). The molecule has 0 amide bonds. The van der Waals surface area contributed by atoms with Crippen molar-refractivity contribution in [3.05, 3.63) is 50.9 Å². The van der Waals surface area contributed by atoms with E-state index in [0.29, 0.717) is 0 Å². The molecule has 0 aliphatic rings. The second kappa shape index (κ2) is 5.38. The van der Waals surface area contributed by atoms with Gasteiger partial charge in [0.2, 0.25) is 5.75 Å². The summed E-state index contributed by atoms with van der Waals surface area (Å²) in [5.41, 5.74) is -0.212. The number of nitro groups is 1. The number of carbonyl (C=O) groups is 1. The molecule has 0 radical (unpaired) electrons. The molecule has 0 bridgehead atoms. The minimum Gasteiger partial charge on any atom is -0.477 e. The first-order chi connectivity index (χ1) is 9.51. The summed E-state index contributed by atoms with van der Waals surface area (Å²) in [6.45, 7) is 0.